The SMILES string of the molecule is Cc1cc(F)c2[nH]cc(/C3=N/CN(C)CN(C)CC(=NC4CC5CCC4CC5)N3)c2c1. The van der Waals surface area contributed by atoms with Gasteiger partial charge in [-0.1, -0.05) is 12.8 Å². The number of benzene rings is 1. The van der Waals surface area contributed by atoms with Crippen molar-refractivity contribution in [3.8, 4) is 0 Å². The number of hydrogen-bond donors (Lipinski definition) is 2. The zero-order chi connectivity index (χ0) is 21.5. The summed E-state index contributed by atoms with van der Waals surface area (Å²) in [5.41, 5.74) is 2.32. The maximum atomic E-state index is 14.5. The minimum Gasteiger partial charge on any atom is -0.358 e. The van der Waals surface area contributed by atoms with Crippen molar-refractivity contribution in [3.05, 3.63) is 35.3 Å². The number of rotatable bonds is 2. The van der Waals surface area contributed by atoms with E-state index in [1.165, 1.54) is 32.1 Å². The van der Waals surface area contributed by atoms with Crippen LogP contribution < -0.4 is 5.32 Å². The lowest BCUT2D eigenvalue weighted by Gasteiger charge is -2.40. The molecule has 0 radical (unpaired) electrons. The Morgan fingerprint density at radius 3 is 2.68 bits per heavy atom. The molecule has 3 saturated carbocycles. The monoisotopic (exact) mass is 424 g/mol. The van der Waals surface area contributed by atoms with Crippen LogP contribution in [-0.2, 0) is 0 Å². The van der Waals surface area contributed by atoms with Crippen molar-refractivity contribution in [1.29, 1.82) is 0 Å². The number of aromatic amines is 1. The number of likely N-dealkylation sites (N-methyl/N-ethyl adjacent to an activating group) is 1. The first kappa shape index (κ1) is 20.6. The third-order valence-electron chi connectivity index (χ3n) is 7.11. The fourth-order valence-corrected chi connectivity index (χ4v) is 5.62. The van der Waals surface area contributed by atoms with E-state index in [2.05, 4.69) is 34.2 Å². The van der Waals surface area contributed by atoms with Gasteiger partial charge in [-0.3, -0.25) is 19.8 Å². The topological polar surface area (TPSA) is 59.0 Å². The Morgan fingerprint density at radius 1 is 1.13 bits per heavy atom. The smallest absolute Gasteiger partial charge is 0.147 e. The van der Waals surface area contributed by atoms with E-state index in [4.69, 9.17) is 9.98 Å². The van der Waals surface area contributed by atoms with E-state index >= 15 is 0 Å². The van der Waals surface area contributed by atoms with Crippen LogP contribution in [0.1, 0.15) is 43.2 Å². The van der Waals surface area contributed by atoms with Gasteiger partial charge in [0.15, 0.2) is 0 Å². The van der Waals surface area contributed by atoms with Gasteiger partial charge in [-0.25, -0.2) is 4.39 Å². The number of halogens is 1. The van der Waals surface area contributed by atoms with E-state index in [1.807, 2.05) is 19.2 Å². The first-order chi connectivity index (χ1) is 15.0. The van der Waals surface area contributed by atoms with Crippen molar-refractivity contribution in [2.24, 2.45) is 21.8 Å². The summed E-state index contributed by atoms with van der Waals surface area (Å²) >= 11 is 0. The maximum absolute atomic E-state index is 14.5. The van der Waals surface area contributed by atoms with E-state index < -0.39 is 0 Å². The predicted octanol–water partition coefficient (Wildman–Crippen LogP) is 3.72. The van der Waals surface area contributed by atoms with Gasteiger partial charge in [-0.15, -0.1) is 0 Å². The zero-order valence-corrected chi connectivity index (χ0v) is 18.8. The molecule has 0 spiro atoms. The molecule has 6 rings (SSSR count). The molecular weight excluding hydrogens is 391 g/mol. The number of fused-ring (bicyclic) bond motifs is 4. The van der Waals surface area contributed by atoms with E-state index in [-0.39, 0.29) is 5.82 Å². The molecular formula is C24H33FN6. The first-order valence-electron chi connectivity index (χ1n) is 11.5. The van der Waals surface area contributed by atoms with Crippen LogP contribution in [0.3, 0.4) is 0 Å². The minimum absolute atomic E-state index is 0.228. The molecule has 3 aliphatic carbocycles. The molecule has 2 N–H and O–H groups in total. The molecule has 1 aromatic heterocycles. The van der Waals surface area contributed by atoms with Gasteiger partial charge in [-0.05, 0) is 69.8 Å². The van der Waals surface area contributed by atoms with E-state index in [9.17, 15) is 4.39 Å². The molecule has 1 aromatic carbocycles. The maximum Gasteiger partial charge on any atom is 0.147 e. The average Bonchev–Trinajstić information content (AvgIpc) is 3.17. The lowest BCUT2D eigenvalue weighted by Crippen LogP contribution is -2.43. The normalized spacial score (nSPS) is 31.2. The summed E-state index contributed by atoms with van der Waals surface area (Å²) in [6.45, 7) is 4.04. The van der Waals surface area contributed by atoms with E-state index in [1.54, 1.807) is 6.07 Å². The fourth-order valence-electron chi connectivity index (χ4n) is 5.62. The Hall–Kier alpha value is -2.25. The van der Waals surface area contributed by atoms with Crippen LogP contribution in [-0.4, -0.2) is 66.5 Å². The molecule has 2 heterocycles. The van der Waals surface area contributed by atoms with Crippen LogP contribution in [0.5, 0.6) is 0 Å². The largest absolute Gasteiger partial charge is 0.358 e. The third-order valence-corrected chi connectivity index (χ3v) is 7.11. The molecule has 0 amide bonds. The molecule has 166 valence electrons. The van der Waals surface area contributed by atoms with E-state index in [0.717, 1.165) is 47.3 Å². The highest BCUT2D eigenvalue weighted by Crippen LogP contribution is 2.42. The highest BCUT2D eigenvalue weighted by Gasteiger charge is 2.35. The third kappa shape index (κ3) is 4.26. The van der Waals surface area contributed by atoms with Crippen molar-refractivity contribution in [1.82, 2.24) is 20.1 Å². The lowest BCUT2D eigenvalue weighted by molar-refractivity contribution is 0.148. The second-order valence-electron chi connectivity index (χ2n) is 9.82. The molecule has 6 nitrogen and oxygen atoms in total. The van der Waals surface area contributed by atoms with Gasteiger partial charge < -0.3 is 10.3 Å². The molecule has 3 fully saturated rings. The highest BCUT2D eigenvalue weighted by molar-refractivity contribution is 6.16. The molecule has 1 unspecified atom stereocenters. The van der Waals surface area contributed by atoms with Gasteiger partial charge in [0.1, 0.15) is 17.5 Å². The van der Waals surface area contributed by atoms with Gasteiger partial charge in [0.05, 0.1) is 31.4 Å². The van der Waals surface area contributed by atoms with Crippen molar-refractivity contribution in [2.45, 2.75) is 45.1 Å². The molecule has 2 bridgehead atoms. The van der Waals surface area contributed by atoms with Gasteiger partial charge >= 0.3 is 0 Å². The molecule has 1 atom stereocenters. The summed E-state index contributed by atoms with van der Waals surface area (Å²) in [6, 6.07) is 3.99. The Balaban J connectivity index is 1.51. The average molecular weight is 425 g/mol. The number of aliphatic imine (C=N–C) groups is 2. The lowest BCUT2D eigenvalue weighted by atomic mass is 9.68. The highest BCUT2D eigenvalue weighted by atomic mass is 19.1. The zero-order valence-electron chi connectivity index (χ0n) is 18.8. The quantitative estimate of drug-likeness (QED) is 0.773. The summed E-state index contributed by atoms with van der Waals surface area (Å²) in [5.74, 6) is 3.06. The summed E-state index contributed by atoms with van der Waals surface area (Å²) in [6.07, 6.45) is 8.44. The standard InChI is InChI=1S/C24H33FN6/c1-15-8-18-19(11-26-23(18)20(25)9-15)24-27-13-31(3)14-30(2)12-22(29-24)28-21-10-16-4-6-17(21)7-5-16/h8-9,11,16-17,21,26H,4-7,10,12-14H2,1-3H3,(H,27,28,29). The molecule has 1 aliphatic heterocycles. The Labute approximate surface area is 183 Å². The van der Waals surface area contributed by atoms with Gasteiger partial charge in [0.2, 0.25) is 0 Å². The van der Waals surface area contributed by atoms with Crippen LogP contribution in [0.25, 0.3) is 10.9 Å². The van der Waals surface area contributed by atoms with Gasteiger partial charge in [0.25, 0.3) is 0 Å². The fraction of sp³-hybridized carbons (Fsp3) is 0.583. The molecule has 4 aliphatic rings. The first-order valence-corrected chi connectivity index (χ1v) is 11.5. The summed E-state index contributed by atoms with van der Waals surface area (Å²) in [5, 5.41) is 4.43. The number of nitrogens with one attached hydrogen (secondary N) is 2. The minimum atomic E-state index is -0.228. The van der Waals surface area contributed by atoms with Crippen LogP contribution in [0.4, 0.5) is 4.39 Å². The number of H-pyrrole nitrogens is 1. The molecule has 31 heavy (non-hydrogen) atoms. The van der Waals surface area contributed by atoms with Crippen LogP contribution in [0.15, 0.2) is 28.3 Å². The number of aromatic nitrogens is 1. The van der Waals surface area contributed by atoms with E-state index in [0.29, 0.717) is 24.1 Å². The van der Waals surface area contributed by atoms with Crippen molar-refractivity contribution in [3.63, 3.8) is 0 Å². The summed E-state index contributed by atoms with van der Waals surface area (Å²) in [4.78, 5) is 17.7. The van der Waals surface area contributed by atoms with Crippen LogP contribution >= 0.6 is 0 Å². The van der Waals surface area contributed by atoms with Crippen molar-refractivity contribution in [2.75, 3.05) is 34.0 Å². The van der Waals surface area contributed by atoms with Gasteiger partial charge in [0, 0.05) is 17.1 Å². The van der Waals surface area contributed by atoms with Gasteiger partial charge in [-0.2, -0.15) is 0 Å². The predicted molar refractivity (Wildman–Crippen MR) is 124 cm³/mol. The second-order valence-corrected chi connectivity index (χ2v) is 9.82. The number of hydrogen-bond acceptors (Lipinski definition) is 4. The van der Waals surface area contributed by atoms with Crippen LogP contribution in [0, 0.1) is 24.6 Å². The Kier molecular flexibility index (Phi) is 5.56. The molecule has 0 saturated heterocycles. The van der Waals surface area contributed by atoms with Crippen molar-refractivity contribution < 1.29 is 4.39 Å². The Bertz CT molecular complexity index is 1020. The number of nitrogens with zero attached hydrogens (tertiary/aromatic N) is 4. The molecule has 7 heteroatoms. The summed E-state index contributed by atoms with van der Waals surface area (Å²) in [7, 11) is 4.19. The molecule has 2 aromatic rings. The summed E-state index contributed by atoms with van der Waals surface area (Å²) < 4.78 is 14.5. The Morgan fingerprint density at radius 2 is 1.94 bits per heavy atom. The number of amidine groups is 2. The van der Waals surface area contributed by atoms with Crippen LogP contribution in [0.2, 0.25) is 0 Å². The number of aryl methyl sites for hydroxylation is 1. The second kappa shape index (κ2) is 8.36. The van der Waals surface area contributed by atoms with Crippen molar-refractivity contribution >= 4 is 22.6 Å².